The first-order valence-corrected chi connectivity index (χ1v) is 5.50. The highest BCUT2D eigenvalue weighted by Gasteiger charge is 2.28. The molecule has 0 spiro atoms. The van der Waals surface area contributed by atoms with Crippen molar-refractivity contribution in [1.29, 1.82) is 0 Å². The predicted octanol–water partition coefficient (Wildman–Crippen LogP) is 2.99. The molecule has 3 rings (SSSR count). The van der Waals surface area contributed by atoms with E-state index in [1.54, 1.807) is 6.08 Å². The minimum Gasteiger partial charge on any atom is -0.282 e. The number of aromatic amines is 1. The Morgan fingerprint density at radius 1 is 1.31 bits per heavy atom. The van der Waals surface area contributed by atoms with E-state index in [0.717, 1.165) is 16.8 Å². The first-order chi connectivity index (χ1) is 7.88. The van der Waals surface area contributed by atoms with Gasteiger partial charge in [-0.1, -0.05) is 18.7 Å². The normalized spacial score (nSPS) is 15.0. The summed E-state index contributed by atoms with van der Waals surface area (Å²) in [6, 6.07) is 4.05. The molecular weight excluding hydrogens is 198 g/mol. The van der Waals surface area contributed by atoms with Crippen LogP contribution < -0.4 is 0 Å². The number of nitrogens with zero attached hydrogens (tertiary/aromatic N) is 2. The fourth-order valence-electron chi connectivity index (χ4n) is 1.87. The molecule has 0 radical (unpaired) electrons. The lowest BCUT2D eigenvalue weighted by Crippen LogP contribution is -1.87. The van der Waals surface area contributed by atoms with Crippen LogP contribution in [-0.4, -0.2) is 15.2 Å². The number of nitrogens with one attached hydrogen (secondary N) is 1. The Hall–Kier alpha value is -1.90. The molecule has 0 aliphatic heterocycles. The number of hydrogen-bond donors (Lipinski definition) is 1. The fraction of sp³-hybridized carbons (Fsp3) is 0.231. The summed E-state index contributed by atoms with van der Waals surface area (Å²) in [6.07, 6.45) is 8.03. The molecule has 0 unspecified atom stereocenters. The van der Waals surface area contributed by atoms with E-state index >= 15 is 0 Å². The van der Waals surface area contributed by atoms with E-state index in [4.69, 9.17) is 0 Å². The molecule has 2 aromatic rings. The molecular formula is C13H13N3. The number of pyridine rings is 1. The van der Waals surface area contributed by atoms with Crippen molar-refractivity contribution in [1.82, 2.24) is 15.2 Å². The molecule has 0 bridgehead atoms. The van der Waals surface area contributed by atoms with Crippen LogP contribution in [0.3, 0.4) is 0 Å². The first-order valence-electron chi connectivity index (χ1n) is 5.50. The minimum absolute atomic E-state index is 0.665. The van der Waals surface area contributed by atoms with E-state index in [9.17, 15) is 0 Å². The molecule has 0 saturated heterocycles. The Balaban J connectivity index is 2.00. The van der Waals surface area contributed by atoms with Crippen LogP contribution in [0.5, 0.6) is 0 Å². The summed E-state index contributed by atoms with van der Waals surface area (Å²) < 4.78 is 0. The van der Waals surface area contributed by atoms with Crippen LogP contribution in [0, 0.1) is 0 Å². The molecule has 1 N–H and O–H groups in total. The zero-order valence-electron chi connectivity index (χ0n) is 8.98. The third kappa shape index (κ3) is 1.54. The maximum atomic E-state index is 4.43. The van der Waals surface area contributed by atoms with E-state index in [1.165, 1.54) is 18.5 Å². The molecule has 2 heterocycles. The Labute approximate surface area is 94.2 Å². The van der Waals surface area contributed by atoms with Crippen LogP contribution >= 0.6 is 0 Å². The van der Waals surface area contributed by atoms with Crippen molar-refractivity contribution in [2.24, 2.45) is 0 Å². The van der Waals surface area contributed by atoms with Gasteiger partial charge >= 0.3 is 0 Å². The molecule has 1 fully saturated rings. The topological polar surface area (TPSA) is 41.6 Å². The monoisotopic (exact) mass is 211 g/mol. The maximum Gasteiger partial charge on any atom is 0.0736 e. The van der Waals surface area contributed by atoms with Gasteiger partial charge in [-0.25, -0.2) is 0 Å². The van der Waals surface area contributed by atoms with Gasteiger partial charge in [0.05, 0.1) is 11.9 Å². The molecule has 1 saturated carbocycles. The highest BCUT2D eigenvalue weighted by molar-refractivity contribution is 5.63. The smallest absolute Gasteiger partial charge is 0.0736 e. The SMILES string of the molecule is C=Cc1ccc(-c2cn[nH]c2C2CC2)nc1. The molecule has 0 amide bonds. The van der Waals surface area contributed by atoms with Gasteiger partial charge in [0.1, 0.15) is 0 Å². The molecule has 1 aliphatic carbocycles. The lowest BCUT2D eigenvalue weighted by atomic mass is 10.1. The van der Waals surface area contributed by atoms with Gasteiger partial charge < -0.3 is 0 Å². The second kappa shape index (κ2) is 3.59. The fourth-order valence-corrected chi connectivity index (χ4v) is 1.87. The number of aromatic nitrogens is 3. The summed E-state index contributed by atoms with van der Waals surface area (Å²) in [5, 5.41) is 7.20. The molecule has 1 aliphatic rings. The Bertz CT molecular complexity index is 506. The molecule has 80 valence electrons. The summed E-state index contributed by atoms with van der Waals surface area (Å²) in [4.78, 5) is 4.43. The van der Waals surface area contributed by atoms with Crippen LogP contribution in [0.4, 0.5) is 0 Å². The molecule has 16 heavy (non-hydrogen) atoms. The quantitative estimate of drug-likeness (QED) is 0.847. The molecule has 0 atom stereocenters. The molecule has 2 aromatic heterocycles. The Morgan fingerprint density at radius 3 is 2.81 bits per heavy atom. The predicted molar refractivity (Wildman–Crippen MR) is 63.9 cm³/mol. The lowest BCUT2D eigenvalue weighted by molar-refractivity contribution is 0.965. The Morgan fingerprint density at radius 2 is 2.19 bits per heavy atom. The van der Waals surface area contributed by atoms with Gasteiger partial charge in [0.15, 0.2) is 0 Å². The lowest BCUT2D eigenvalue weighted by Gasteiger charge is -2.01. The third-order valence-electron chi connectivity index (χ3n) is 2.95. The molecule has 3 nitrogen and oxygen atoms in total. The van der Waals surface area contributed by atoms with Gasteiger partial charge in [-0.15, -0.1) is 0 Å². The summed E-state index contributed by atoms with van der Waals surface area (Å²) in [7, 11) is 0. The van der Waals surface area contributed by atoms with E-state index in [0.29, 0.717) is 5.92 Å². The van der Waals surface area contributed by atoms with Crippen molar-refractivity contribution < 1.29 is 0 Å². The van der Waals surface area contributed by atoms with Crippen LogP contribution in [-0.2, 0) is 0 Å². The summed E-state index contributed by atoms with van der Waals surface area (Å²) in [6.45, 7) is 3.72. The summed E-state index contributed by atoms with van der Waals surface area (Å²) in [5.74, 6) is 0.665. The van der Waals surface area contributed by atoms with Crippen molar-refractivity contribution in [2.45, 2.75) is 18.8 Å². The second-order valence-electron chi connectivity index (χ2n) is 4.15. The summed E-state index contributed by atoms with van der Waals surface area (Å²) >= 11 is 0. The average molecular weight is 211 g/mol. The van der Waals surface area contributed by atoms with Gasteiger partial charge in [-0.2, -0.15) is 5.10 Å². The number of hydrogen-bond acceptors (Lipinski definition) is 2. The number of rotatable bonds is 3. The van der Waals surface area contributed by atoms with Crippen molar-refractivity contribution >= 4 is 6.08 Å². The van der Waals surface area contributed by atoms with Crippen LogP contribution in [0.15, 0.2) is 31.1 Å². The van der Waals surface area contributed by atoms with Crippen LogP contribution in [0.25, 0.3) is 17.3 Å². The highest BCUT2D eigenvalue weighted by atomic mass is 15.1. The summed E-state index contributed by atoms with van der Waals surface area (Å²) in [5.41, 5.74) is 4.40. The standard InChI is InChI=1S/C13H13N3/c1-2-9-3-6-12(14-7-9)11-8-15-16-13(11)10-4-5-10/h2-3,6-8,10H,1,4-5H2,(H,15,16). The van der Waals surface area contributed by atoms with Crippen molar-refractivity contribution in [3.05, 3.63) is 42.4 Å². The maximum absolute atomic E-state index is 4.43. The second-order valence-corrected chi connectivity index (χ2v) is 4.15. The van der Waals surface area contributed by atoms with E-state index in [1.807, 2.05) is 24.5 Å². The molecule has 3 heteroatoms. The van der Waals surface area contributed by atoms with Crippen LogP contribution in [0.2, 0.25) is 0 Å². The van der Waals surface area contributed by atoms with Gasteiger partial charge in [0, 0.05) is 23.4 Å². The van der Waals surface area contributed by atoms with E-state index < -0.39 is 0 Å². The van der Waals surface area contributed by atoms with Crippen molar-refractivity contribution in [3.8, 4) is 11.3 Å². The third-order valence-corrected chi connectivity index (χ3v) is 2.95. The van der Waals surface area contributed by atoms with Crippen molar-refractivity contribution in [3.63, 3.8) is 0 Å². The van der Waals surface area contributed by atoms with E-state index in [-0.39, 0.29) is 0 Å². The Kier molecular flexibility index (Phi) is 2.10. The average Bonchev–Trinajstić information content (AvgIpc) is 3.07. The highest BCUT2D eigenvalue weighted by Crippen LogP contribution is 2.42. The minimum atomic E-state index is 0.665. The van der Waals surface area contributed by atoms with Crippen LogP contribution in [0.1, 0.15) is 30.0 Å². The molecule has 0 aromatic carbocycles. The van der Waals surface area contributed by atoms with Crippen molar-refractivity contribution in [2.75, 3.05) is 0 Å². The zero-order valence-corrected chi connectivity index (χ0v) is 8.98. The largest absolute Gasteiger partial charge is 0.282 e. The van der Waals surface area contributed by atoms with Gasteiger partial charge in [-0.3, -0.25) is 10.1 Å². The zero-order chi connectivity index (χ0) is 11.0. The first kappa shape index (κ1) is 9.33. The van der Waals surface area contributed by atoms with E-state index in [2.05, 4.69) is 21.8 Å². The number of H-pyrrole nitrogens is 1. The van der Waals surface area contributed by atoms with Gasteiger partial charge in [0.2, 0.25) is 0 Å². The van der Waals surface area contributed by atoms with Gasteiger partial charge in [-0.05, 0) is 24.5 Å². The van der Waals surface area contributed by atoms with Gasteiger partial charge in [0.25, 0.3) is 0 Å².